The average Bonchev–Trinajstić information content (AvgIpc) is 2.86. The van der Waals surface area contributed by atoms with Crippen LogP contribution in [0.4, 0.5) is 5.69 Å². The normalized spacial score (nSPS) is 19.1. The fourth-order valence-electron chi connectivity index (χ4n) is 2.76. The summed E-state index contributed by atoms with van der Waals surface area (Å²) in [5.74, 6) is 0.752. The number of Topliss-reactive ketones (excluding diaryl/α,β-unsaturated/α-hetero) is 1. The van der Waals surface area contributed by atoms with Gasteiger partial charge in [0.2, 0.25) is 0 Å². The zero-order chi connectivity index (χ0) is 14.5. The van der Waals surface area contributed by atoms with Crippen molar-refractivity contribution in [2.45, 2.75) is 26.2 Å². The Morgan fingerprint density at radius 3 is 2.70 bits per heavy atom. The molecule has 1 unspecified atom stereocenters. The van der Waals surface area contributed by atoms with Crippen molar-refractivity contribution < 1.29 is 9.72 Å². The van der Waals surface area contributed by atoms with Crippen molar-refractivity contribution in [1.29, 1.82) is 0 Å². The second kappa shape index (κ2) is 6.61. The molecule has 1 saturated heterocycles. The van der Waals surface area contributed by atoms with Crippen LogP contribution in [0, 0.1) is 16.0 Å². The quantitative estimate of drug-likeness (QED) is 0.455. The number of carbonyl (C=O) groups excluding carboxylic acids is 1. The molecule has 0 spiro atoms. The standard InChI is InChI=1S/C15H20N2O3/c1-2-3-12-8-9-16(10-12)11-15(18)13-4-6-14(7-5-13)17(19)20/h4-7,12H,2-3,8-11H2,1H3. The molecule has 20 heavy (non-hydrogen) atoms. The number of likely N-dealkylation sites (tertiary alicyclic amines) is 1. The molecule has 0 bridgehead atoms. The number of ketones is 1. The highest BCUT2D eigenvalue weighted by molar-refractivity contribution is 5.97. The van der Waals surface area contributed by atoms with Crippen molar-refractivity contribution in [2.24, 2.45) is 5.92 Å². The lowest BCUT2D eigenvalue weighted by Gasteiger charge is -2.14. The lowest BCUT2D eigenvalue weighted by atomic mass is 10.0. The third kappa shape index (κ3) is 3.63. The minimum Gasteiger partial charge on any atom is -0.296 e. The van der Waals surface area contributed by atoms with Crippen molar-refractivity contribution in [2.75, 3.05) is 19.6 Å². The van der Waals surface area contributed by atoms with Crippen LogP contribution < -0.4 is 0 Å². The van der Waals surface area contributed by atoms with E-state index >= 15 is 0 Å². The van der Waals surface area contributed by atoms with E-state index < -0.39 is 4.92 Å². The first-order valence-corrected chi connectivity index (χ1v) is 7.10. The molecule has 0 N–H and O–H groups in total. The Labute approximate surface area is 118 Å². The van der Waals surface area contributed by atoms with Crippen molar-refractivity contribution in [1.82, 2.24) is 4.90 Å². The third-order valence-electron chi connectivity index (χ3n) is 3.83. The van der Waals surface area contributed by atoms with Crippen LogP contribution in [-0.2, 0) is 0 Å². The van der Waals surface area contributed by atoms with Gasteiger partial charge < -0.3 is 0 Å². The average molecular weight is 276 g/mol. The van der Waals surface area contributed by atoms with Crippen molar-refractivity contribution in [3.05, 3.63) is 39.9 Å². The summed E-state index contributed by atoms with van der Waals surface area (Å²) >= 11 is 0. The molecule has 1 heterocycles. The molecule has 5 nitrogen and oxygen atoms in total. The van der Waals surface area contributed by atoms with E-state index in [2.05, 4.69) is 11.8 Å². The molecule has 0 aliphatic carbocycles. The van der Waals surface area contributed by atoms with Crippen LogP contribution in [0.15, 0.2) is 24.3 Å². The number of nitro benzene ring substituents is 1. The number of benzene rings is 1. The monoisotopic (exact) mass is 276 g/mol. The van der Waals surface area contributed by atoms with Crippen molar-refractivity contribution in [3.8, 4) is 0 Å². The van der Waals surface area contributed by atoms with Gasteiger partial charge in [0.25, 0.3) is 5.69 Å². The maximum Gasteiger partial charge on any atom is 0.269 e. The van der Waals surface area contributed by atoms with Gasteiger partial charge in [-0.05, 0) is 37.4 Å². The van der Waals surface area contributed by atoms with Crippen LogP contribution >= 0.6 is 0 Å². The molecular weight excluding hydrogens is 256 g/mol. The number of hydrogen-bond donors (Lipinski definition) is 0. The van der Waals surface area contributed by atoms with Crippen molar-refractivity contribution in [3.63, 3.8) is 0 Å². The Hall–Kier alpha value is -1.75. The van der Waals surface area contributed by atoms with E-state index in [1.807, 2.05) is 0 Å². The lowest BCUT2D eigenvalue weighted by Crippen LogP contribution is -2.27. The van der Waals surface area contributed by atoms with Gasteiger partial charge in [-0.2, -0.15) is 0 Å². The van der Waals surface area contributed by atoms with Crippen LogP contribution in [0.25, 0.3) is 0 Å². The van der Waals surface area contributed by atoms with Gasteiger partial charge in [0.1, 0.15) is 0 Å². The topological polar surface area (TPSA) is 63.5 Å². The fourth-order valence-corrected chi connectivity index (χ4v) is 2.76. The van der Waals surface area contributed by atoms with Gasteiger partial charge in [-0.15, -0.1) is 0 Å². The van der Waals surface area contributed by atoms with Gasteiger partial charge in [0, 0.05) is 24.2 Å². The molecule has 0 saturated carbocycles. The molecule has 1 aliphatic heterocycles. The summed E-state index contributed by atoms with van der Waals surface area (Å²) in [5.41, 5.74) is 0.570. The molecule has 108 valence electrons. The first-order chi connectivity index (χ1) is 9.60. The van der Waals surface area contributed by atoms with Gasteiger partial charge in [-0.3, -0.25) is 19.8 Å². The highest BCUT2D eigenvalue weighted by Gasteiger charge is 2.23. The summed E-state index contributed by atoms with van der Waals surface area (Å²) in [6.45, 7) is 4.57. The van der Waals surface area contributed by atoms with Crippen LogP contribution in [0.5, 0.6) is 0 Å². The number of hydrogen-bond acceptors (Lipinski definition) is 4. The van der Waals surface area contributed by atoms with E-state index in [9.17, 15) is 14.9 Å². The molecule has 2 rings (SSSR count). The maximum atomic E-state index is 12.1. The smallest absolute Gasteiger partial charge is 0.269 e. The van der Waals surface area contributed by atoms with Gasteiger partial charge >= 0.3 is 0 Å². The zero-order valence-corrected chi connectivity index (χ0v) is 11.7. The summed E-state index contributed by atoms with van der Waals surface area (Å²) < 4.78 is 0. The molecule has 0 radical (unpaired) electrons. The Kier molecular flexibility index (Phi) is 4.84. The first kappa shape index (κ1) is 14.7. The van der Waals surface area contributed by atoms with Crippen molar-refractivity contribution >= 4 is 11.5 Å². The number of non-ortho nitro benzene ring substituents is 1. The molecule has 1 atom stereocenters. The van der Waals surface area contributed by atoms with E-state index in [-0.39, 0.29) is 11.5 Å². The molecule has 0 aromatic heterocycles. The lowest BCUT2D eigenvalue weighted by molar-refractivity contribution is -0.384. The second-order valence-electron chi connectivity index (χ2n) is 5.41. The van der Waals surface area contributed by atoms with E-state index in [1.54, 1.807) is 12.1 Å². The van der Waals surface area contributed by atoms with Crippen LogP contribution in [0.2, 0.25) is 0 Å². The highest BCUT2D eigenvalue weighted by atomic mass is 16.6. The third-order valence-corrected chi connectivity index (χ3v) is 3.83. The van der Waals surface area contributed by atoms with Crippen LogP contribution in [0.3, 0.4) is 0 Å². The van der Waals surface area contributed by atoms with E-state index in [4.69, 9.17) is 0 Å². The minimum absolute atomic E-state index is 0.0192. The number of nitro groups is 1. The molecule has 1 aliphatic rings. The predicted octanol–water partition coefficient (Wildman–Crippen LogP) is 2.90. The Morgan fingerprint density at radius 1 is 1.40 bits per heavy atom. The van der Waals surface area contributed by atoms with Gasteiger partial charge in [-0.1, -0.05) is 13.3 Å². The SMILES string of the molecule is CCCC1CCN(CC(=O)c2ccc([N+](=O)[O-])cc2)C1. The van der Waals surface area contributed by atoms with Gasteiger partial charge in [0.15, 0.2) is 5.78 Å². The van der Waals surface area contributed by atoms with E-state index in [0.29, 0.717) is 18.0 Å². The van der Waals surface area contributed by atoms with Crippen LogP contribution in [0.1, 0.15) is 36.5 Å². The summed E-state index contributed by atoms with van der Waals surface area (Å²) in [6, 6.07) is 5.86. The van der Waals surface area contributed by atoms with Gasteiger partial charge in [-0.25, -0.2) is 0 Å². The van der Waals surface area contributed by atoms with Gasteiger partial charge in [0.05, 0.1) is 11.5 Å². The van der Waals surface area contributed by atoms with E-state index in [1.165, 1.54) is 31.4 Å². The molecule has 1 aromatic carbocycles. The maximum absolute atomic E-state index is 12.1. The second-order valence-corrected chi connectivity index (χ2v) is 5.41. The largest absolute Gasteiger partial charge is 0.296 e. The molecule has 1 aromatic rings. The number of nitrogens with zero attached hydrogens (tertiary/aromatic N) is 2. The zero-order valence-electron chi connectivity index (χ0n) is 11.7. The first-order valence-electron chi connectivity index (χ1n) is 7.10. The Morgan fingerprint density at radius 2 is 2.10 bits per heavy atom. The number of carbonyl (C=O) groups is 1. The highest BCUT2D eigenvalue weighted by Crippen LogP contribution is 2.21. The summed E-state index contributed by atoms with van der Waals surface area (Å²) in [7, 11) is 0. The number of rotatable bonds is 6. The summed E-state index contributed by atoms with van der Waals surface area (Å²) in [5, 5.41) is 10.6. The van der Waals surface area contributed by atoms with Crippen LogP contribution in [-0.4, -0.2) is 35.2 Å². The summed E-state index contributed by atoms with van der Waals surface area (Å²) in [6.07, 6.45) is 3.58. The Bertz CT molecular complexity index is 484. The molecular formula is C15H20N2O3. The molecule has 1 fully saturated rings. The summed E-state index contributed by atoms with van der Waals surface area (Å²) in [4.78, 5) is 24.4. The predicted molar refractivity (Wildman–Crippen MR) is 76.9 cm³/mol. The molecule has 0 amide bonds. The molecule has 5 heteroatoms. The van der Waals surface area contributed by atoms with E-state index in [0.717, 1.165) is 13.1 Å². The Balaban J connectivity index is 1.90. The minimum atomic E-state index is -0.454. The fraction of sp³-hybridized carbons (Fsp3) is 0.533.